The minimum atomic E-state index is -0.420. The normalized spacial score (nSPS) is 28.4. The molecule has 17 heavy (non-hydrogen) atoms. The summed E-state index contributed by atoms with van der Waals surface area (Å²) in [5.41, 5.74) is 0.598. The first-order chi connectivity index (χ1) is 8.16. The van der Waals surface area contributed by atoms with Gasteiger partial charge >= 0.3 is 0 Å². The topological polar surface area (TPSA) is 35.8 Å². The van der Waals surface area contributed by atoms with Crippen molar-refractivity contribution in [3.63, 3.8) is 0 Å². The highest BCUT2D eigenvalue weighted by Crippen LogP contribution is 2.36. The highest BCUT2D eigenvalue weighted by molar-refractivity contribution is 9.10. The number of nitrogens with zero attached hydrogens (tertiary/aromatic N) is 1. The molecule has 2 atom stereocenters. The van der Waals surface area contributed by atoms with Gasteiger partial charge in [-0.3, -0.25) is 0 Å². The van der Waals surface area contributed by atoms with Gasteiger partial charge < -0.3 is 5.32 Å². The van der Waals surface area contributed by atoms with Crippen molar-refractivity contribution in [2.75, 3.05) is 11.1 Å². The summed E-state index contributed by atoms with van der Waals surface area (Å²) in [6, 6.07) is 10.5. The van der Waals surface area contributed by atoms with Crippen LogP contribution >= 0.6 is 27.7 Å². The quantitative estimate of drug-likeness (QED) is 0.895. The maximum atomic E-state index is 9.49. The van der Waals surface area contributed by atoms with Gasteiger partial charge in [0.2, 0.25) is 0 Å². The largest absolute Gasteiger partial charge is 0.366 e. The SMILES string of the molecule is CC1SCCCC1(C#N)Nc1ccc(Br)cc1. The zero-order valence-electron chi connectivity index (χ0n) is 9.74. The smallest absolute Gasteiger partial charge is 0.137 e. The van der Waals surface area contributed by atoms with Crippen molar-refractivity contribution in [2.24, 2.45) is 0 Å². The Balaban J connectivity index is 2.19. The molecule has 0 aliphatic carbocycles. The molecule has 1 aliphatic rings. The Morgan fingerprint density at radius 1 is 1.47 bits per heavy atom. The molecule has 0 amide bonds. The predicted octanol–water partition coefficient (Wildman–Crippen LogP) is 4.04. The number of benzene rings is 1. The van der Waals surface area contributed by atoms with Gasteiger partial charge in [0.05, 0.1) is 6.07 Å². The van der Waals surface area contributed by atoms with E-state index in [1.54, 1.807) is 0 Å². The fraction of sp³-hybridized carbons (Fsp3) is 0.462. The number of nitriles is 1. The molecular formula is C13H15BrN2S. The third-order valence-corrected chi connectivity index (χ3v) is 5.14. The fourth-order valence-corrected chi connectivity index (χ4v) is 3.53. The molecule has 1 N–H and O–H groups in total. The van der Waals surface area contributed by atoms with Gasteiger partial charge in [0.15, 0.2) is 0 Å². The van der Waals surface area contributed by atoms with Crippen molar-refractivity contribution < 1.29 is 0 Å². The van der Waals surface area contributed by atoms with Crippen LogP contribution in [-0.2, 0) is 0 Å². The van der Waals surface area contributed by atoms with E-state index in [1.165, 1.54) is 0 Å². The number of hydrogen-bond acceptors (Lipinski definition) is 3. The van der Waals surface area contributed by atoms with Crippen LogP contribution < -0.4 is 5.32 Å². The molecule has 0 spiro atoms. The lowest BCUT2D eigenvalue weighted by atomic mass is 9.91. The Morgan fingerprint density at radius 2 is 2.18 bits per heavy atom. The highest BCUT2D eigenvalue weighted by atomic mass is 79.9. The van der Waals surface area contributed by atoms with E-state index in [4.69, 9.17) is 0 Å². The summed E-state index contributed by atoms with van der Waals surface area (Å²) in [6.07, 6.45) is 2.03. The van der Waals surface area contributed by atoms with Crippen molar-refractivity contribution in [1.29, 1.82) is 5.26 Å². The van der Waals surface area contributed by atoms with E-state index in [-0.39, 0.29) is 0 Å². The van der Waals surface area contributed by atoms with Crippen molar-refractivity contribution >= 4 is 33.4 Å². The van der Waals surface area contributed by atoms with Crippen LogP contribution in [0.5, 0.6) is 0 Å². The van der Waals surface area contributed by atoms with Crippen LogP contribution in [0.4, 0.5) is 5.69 Å². The Hall–Kier alpha value is -0.660. The predicted molar refractivity (Wildman–Crippen MR) is 77.3 cm³/mol. The molecule has 0 aromatic heterocycles. The van der Waals surface area contributed by atoms with Crippen molar-refractivity contribution in [2.45, 2.75) is 30.6 Å². The second-order valence-corrected chi connectivity index (χ2v) is 6.70. The summed E-state index contributed by atoms with van der Waals surface area (Å²) >= 11 is 5.29. The number of nitrogens with one attached hydrogen (secondary N) is 1. The highest BCUT2D eigenvalue weighted by Gasteiger charge is 2.39. The molecule has 1 aliphatic heterocycles. The van der Waals surface area contributed by atoms with Crippen LogP contribution in [0, 0.1) is 11.3 Å². The van der Waals surface area contributed by atoms with Gasteiger partial charge in [-0.2, -0.15) is 17.0 Å². The van der Waals surface area contributed by atoms with Crippen molar-refractivity contribution in [3.8, 4) is 6.07 Å². The van der Waals surface area contributed by atoms with E-state index in [9.17, 15) is 5.26 Å². The van der Waals surface area contributed by atoms with Crippen LogP contribution in [0.1, 0.15) is 19.8 Å². The van der Waals surface area contributed by atoms with E-state index in [2.05, 4.69) is 34.2 Å². The molecule has 1 aromatic carbocycles. The number of hydrogen-bond donors (Lipinski definition) is 1. The Morgan fingerprint density at radius 3 is 2.76 bits per heavy atom. The van der Waals surface area contributed by atoms with Gasteiger partial charge in [0.1, 0.15) is 5.54 Å². The zero-order chi connectivity index (χ0) is 12.3. The molecule has 1 aromatic rings. The van der Waals surface area contributed by atoms with E-state index < -0.39 is 5.54 Å². The molecular weight excluding hydrogens is 296 g/mol. The molecule has 1 heterocycles. The average molecular weight is 311 g/mol. The maximum absolute atomic E-state index is 9.49. The van der Waals surface area contributed by atoms with Crippen LogP contribution in [0.15, 0.2) is 28.7 Å². The molecule has 0 radical (unpaired) electrons. The molecule has 1 saturated heterocycles. The number of anilines is 1. The second kappa shape index (κ2) is 5.32. The van der Waals surface area contributed by atoms with Gasteiger partial charge in [0.25, 0.3) is 0 Å². The average Bonchev–Trinajstić information content (AvgIpc) is 2.35. The lowest BCUT2D eigenvalue weighted by molar-refractivity contribution is 0.513. The molecule has 0 saturated carbocycles. The number of thioether (sulfide) groups is 1. The van der Waals surface area contributed by atoms with E-state index in [1.807, 2.05) is 36.0 Å². The van der Waals surface area contributed by atoms with Gasteiger partial charge in [-0.1, -0.05) is 15.9 Å². The van der Waals surface area contributed by atoms with Crippen molar-refractivity contribution in [3.05, 3.63) is 28.7 Å². The molecule has 90 valence electrons. The van der Waals surface area contributed by atoms with Crippen LogP contribution in [0.2, 0.25) is 0 Å². The first-order valence-corrected chi connectivity index (χ1v) is 7.57. The van der Waals surface area contributed by atoms with E-state index in [0.29, 0.717) is 5.25 Å². The minimum Gasteiger partial charge on any atom is -0.366 e. The van der Waals surface area contributed by atoms with Crippen molar-refractivity contribution in [1.82, 2.24) is 0 Å². The maximum Gasteiger partial charge on any atom is 0.137 e. The van der Waals surface area contributed by atoms with E-state index >= 15 is 0 Å². The Labute approximate surface area is 115 Å². The van der Waals surface area contributed by atoms with Gasteiger partial charge in [0, 0.05) is 15.4 Å². The molecule has 2 nitrogen and oxygen atoms in total. The lowest BCUT2D eigenvalue weighted by Gasteiger charge is -2.37. The van der Waals surface area contributed by atoms with Gasteiger partial charge in [-0.25, -0.2) is 0 Å². The molecule has 1 fully saturated rings. The Kier molecular flexibility index (Phi) is 4.01. The molecule has 0 bridgehead atoms. The standard InChI is InChI=1S/C13H15BrN2S/c1-10-13(9-15,7-2-8-17-10)16-12-5-3-11(14)4-6-12/h3-6,10,16H,2,7-8H2,1H3. The molecule has 2 unspecified atom stereocenters. The first kappa shape index (κ1) is 12.8. The minimum absolute atomic E-state index is 0.324. The lowest BCUT2D eigenvalue weighted by Crippen LogP contribution is -2.47. The summed E-state index contributed by atoms with van der Waals surface area (Å²) in [7, 11) is 0. The molecule has 2 rings (SSSR count). The van der Waals surface area contributed by atoms with Crippen LogP contribution in [0.3, 0.4) is 0 Å². The molecule has 4 heteroatoms. The van der Waals surface area contributed by atoms with Gasteiger partial charge in [-0.15, -0.1) is 0 Å². The van der Waals surface area contributed by atoms with Crippen LogP contribution in [-0.4, -0.2) is 16.5 Å². The zero-order valence-corrected chi connectivity index (χ0v) is 12.1. The fourth-order valence-electron chi connectivity index (χ4n) is 2.09. The third kappa shape index (κ3) is 2.78. The summed E-state index contributed by atoms with van der Waals surface area (Å²) < 4.78 is 1.06. The summed E-state index contributed by atoms with van der Waals surface area (Å²) in [6.45, 7) is 2.14. The van der Waals surface area contributed by atoms with Gasteiger partial charge in [-0.05, 0) is 49.8 Å². The van der Waals surface area contributed by atoms with E-state index in [0.717, 1.165) is 28.8 Å². The number of halogens is 1. The number of rotatable bonds is 2. The Bertz CT molecular complexity index is 426. The third-order valence-electron chi connectivity index (χ3n) is 3.19. The summed E-state index contributed by atoms with van der Waals surface area (Å²) in [4.78, 5) is 0. The second-order valence-electron chi connectivity index (χ2n) is 4.33. The monoisotopic (exact) mass is 310 g/mol. The first-order valence-electron chi connectivity index (χ1n) is 5.73. The van der Waals surface area contributed by atoms with Crippen LogP contribution in [0.25, 0.3) is 0 Å². The summed E-state index contributed by atoms with van der Waals surface area (Å²) in [5, 5.41) is 13.2. The summed E-state index contributed by atoms with van der Waals surface area (Å²) in [5.74, 6) is 1.16.